The minimum atomic E-state index is -1.10. The predicted octanol–water partition coefficient (Wildman–Crippen LogP) is 1.37. The van der Waals surface area contributed by atoms with E-state index in [0.717, 1.165) is 0 Å². The Hall–Kier alpha value is -2.37. The first-order chi connectivity index (χ1) is 10.7. The van der Waals surface area contributed by atoms with Crippen molar-refractivity contribution in [1.29, 1.82) is 0 Å². The Morgan fingerprint density at radius 1 is 1.17 bits per heavy atom. The number of hydrogen-bond acceptors (Lipinski definition) is 3. The second kappa shape index (κ2) is 6.40. The van der Waals surface area contributed by atoms with E-state index in [4.69, 9.17) is 0 Å². The van der Waals surface area contributed by atoms with Gasteiger partial charge in [0.15, 0.2) is 0 Å². The van der Waals surface area contributed by atoms with Crippen LogP contribution in [0.3, 0.4) is 0 Å². The highest BCUT2D eigenvalue weighted by Crippen LogP contribution is 2.25. The number of carboxylic acids is 1. The summed E-state index contributed by atoms with van der Waals surface area (Å²) in [5, 5.41) is 11.9. The van der Waals surface area contributed by atoms with E-state index in [1.165, 1.54) is 4.90 Å². The third-order valence-corrected chi connectivity index (χ3v) is 4.21. The molecule has 1 aliphatic heterocycles. The van der Waals surface area contributed by atoms with Crippen molar-refractivity contribution in [2.75, 3.05) is 13.1 Å². The summed E-state index contributed by atoms with van der Waals surface area (Å²) in [4.78, 5) is 37.6. The molecule has 1 saturated heterocycles. The summed E-state index contributed by atoms with van der Waals surface area (Å²) in [5.74, 6) is -2.14. The topological polar surface area (TPSA) is 86.7 Å². The predicted molar refractivity (Wildman–Crippen MR) is 84.9 cm³/mol. The van der Waals surface area contributed by atoms with Gasteiger partial charge in [0.1, 0.15) is 5.54 Å². The van der Waals surface area contributed by atoms with Crippen molar-refractivity contribution in [3.8, 4) is 0 Å². The van der Waals surface area contributed by atoms with E-state index < -0.39 is 17.4 Å². The van der Waals surface area contributed by atoms with Crippen molar-refractivity contribution in [1.82, 2.24) is 10.2 Å². The van der Waals surface area contributed by atoms with E-state index in [2.05, 4.69) is 5.32 Å². The van der Waals surface area contributed by atoms with E-state index >= 15 is 0 Å². The van der Waals surface area contributed by atoms with Gasteiger partial charge in [-0.3, -0.25) is 14.4 Å². The molecular weight excluding hydrogens is 296 g/mol. The summed E-state index contributed by atoms with van der Waals surface area (Å²) in [6.45, 7) is 5.66. The number of hydrogen-bond donors (Lipinski definition) is 2. The number of amides is 2. The molecule has 0 aromatic heterocycles. The largest absolute Gasteiger partial charge is 0.481 e. The molecule has 2 rings (SSSR count). The number of aliphatic carboxylic acids is 1. The van der Waals surface area contributed by atoms with Gasteiger partial charge in [-0.15, -0.1) is 0 Å². The molecule has 0 radical (unpaired) electrons. The second-order valence-electron chi connectivity index (χ2n) is 6.58. The van der Waals surface area contributed by atoms with Crippen LogP contribution in [0.2, 0.25) is 0 Å². The number of nitrogens with one attached hydrogen (secondary N) is 1. The van der Waals surface area contributed by atoms with E-state index in [1.807, 2.05) is 13.0 Å². The smallest absolute Gasteiger partial charge is 0.308 e. The molecule has 6 heteroatoms. The molecule has 23 heavy (non-hydrogen) atoms. The van der Waals surface area contributed by atoms with Crippen LogP contribution in [0, 0.1) is 11.8 Å². The third kappa shape index (κ3) is 3.70. The van der Waals surface area contributed by atoms with Gasteiger partial charge in [-0.1, -0.05) is 25.1 Å². The Morgan fingerprint density at radius 3 is 2.30 bits per heavy atom. The zero-order chi connectivity index (χ0) is 17.2. The first-order valence-electron chi connectivity index (χ1n) is 7.62. The first-order valence-corrected chi connectivity index (χ1v) is 7.62. The van der Waals surface area contributed by atoms with Gasteiger partial charge in [0.25, 0.3) is 5.91 Å². The summed E-state index contributed by atoms with van der Waals surface area (Å²) in [6, 6.07) is 8.67. The van der Waals surface area contributed by atoms with Crippen LogP contribution in [0.15, 0.2) is 30.3 Å². The van der Waals surface area contributed by atoms with Gasteiger partial charge in [-0.2, -0.15) is 0 Å². The molecule has 0 unspecified atom stereocenters. The first kappa shape index (κ1) is 17.0. The molecule has 1 aromatic carbocycles. The molecule has 1 heterocycles. The number of rotatable bonds is 4. The van der Waals surface area contributed by atoms with Crippen LogP contribution in [-0.4, -0.2) is 46.4 Å². The van der Waals surface area contributed by atoms with Gasteiger partial charge in [0, 0.05) is 18.7 Å². The zero-order valence-corrected chi connectivity index (χ0v) is 13.6. The van der Waals surface area contributed by atoms with Crippen LogP contribution in [0.1, 0.15) is 31.1 Å². The van der Waals surface area contributed by atoms with Gasteiger partial charge in [0.2, 0.25) is 5.91 Å². The van der Waals surface area contributed by atoms with Crippen molar-refractivity contribution in [2.45, 2.75) is 26.3 Å². The number of carbonyl (C=O) groups is 3. The molecule has 2 N–H and O–H groups in total. The van der Waals surface area contributed by atoms with Crippen LogP contribution in [0.25, 0.3) is 0 Å². The van der Waals surface area contributed by atoms with Crippen LogP contribution in [0.4, 0.5) is 0 Å². The number of carbonyl (C=O) groups excluding carboxylic acids is 2. The van der Waals surface area contributed by atoms with Gasteiger partial charge in [-0.05, 0) is 31.9 Å². The molecule has 2 amide bonds. The van der Waals surface area contributed by atoms with Crippen LogP contribution < -0.4 is 5.32 Å². The standard InChI is InChI=1S/C17H22N2O4/c1-11-9-19(10-13(11)15(21)22)16(23)17(2,3)18-14(20)12-7-5-4-6-8-12/h4-8,11,13H,9-10H2,1-3H3,(H,18,20)(H,21,22)/t11-,13-/m1/s1. The van der Waals surface area contributed by atoms with Gasteiger partial charge in [0.05, 0.1) is 5.92 Å². The van der Waals surface area contributed by atoms with E-state index in [0.29, 0.717) is 12.1 Å². The van der Waals surface area contributed by atoms with Crippen molar-refractivity contribution >= 4 is 17.8 Å². The molecule has 0 aliphatic carbocycles. The molecule has 124 valence electrons. The molecule has 0 saturated carbocycles. The Bertz CT molecular complexity index is 612. The van der Waals surface area contributed by atoms with Crippen molar-refractivity contribution < 1.29 is 19.5 Å². The Labute approximate surface area is 135 Å². The van der Waals surface area contributed by atoms with Gasteiger partial charge < -0.3 is 15.3 Å². The highest BCUT2D eigenvalue weighted by atomic mass is 16.4. The van der Waals surface area contributed by atoms with Crippen molar-refractivity contribution in [3.63, 3.8) is 0 Å². The zero-order valence-electron chi connectivity index (χ0n) is 13.6. The lowest BCUT2D eigenvalue weighted by Crippen LogP contribution is -2.55. The number of likely N-dealkylation sites (tertiary alicyclic amines) is 1. The molecule has 1 aliphatic rings. The third-order valence-electron chi connectivity index (χ3n) is 4.21. The second-order valence-corrected chi connectivity index (χ2v) is 6.58. The SMILES string of the molecule is C[C@@H]1CN(C(=O)C(C)(C)NC(=O)c2ccccc2)C[C@H]1C(=O)O. The summed E-state index contributed by atoms with van der Waals surface area (Å²) < 4.78 is 0. The molecule has 2 atom stereocenters. The molecule has 0 spiro atoms. The van der Waals surface area contributed by atoms with E-state index in [9.17, 15) is 19.5 Å². The van der Waals surface area contributed by atoms with Gasteiger partial charge >= 0.3 is 5.97 Å². The Morgan fingerprint density at radius 2 is 1.78 bits per heavy atom. The number of carboxylic acid groups (broad SMARTS) is 1. The summed E-state index contributed by atoms with van der Waals surface area (Å²) in [5.41, 5.74) is -0.619. The fraction of sp³-hybridized carbons (Fsp3) is 0.471. The van der Waals surface area contributed by atoms with Crippen molar-refractivity contribution in [2.24, 2.45) is 11.8 Å². The summed E-state index contributed by atoms with van der Waals surface area (Å²) in [6.07, 6.45) is 0. The maximum atomic E-state index is 12.7. The van der Waals surface area contributed by atoms with E-state index in [-0.39, 0.29) is 24.3 Å². The average molecular weight is 318 g/mol. The highest BCUT2D eigenvalue weighted by molar-refractivity contribution is 5.99. The monoisotopic (exact) mass is 318 g/mol. The van der Waals surface area contributed by atoms with Gasteiger partial charge in [-0.25, -0.2) is 0 Å². The maximum Gasteiger partial charge on any atom is 0.308 e. The molecular formula is C17H22N2O4. The fourth-order valence-electron chi connectivity index (χ4n) is 2.85. The minimum absolute atomic E-state index is 0.0999. The van der Waals surface area contributed by atoms with Crippen LogP contribution >= 0.6 is 0 Å². The van der Waals surface area contributed by atoms with Crippen LogP contribution in [0.5, 0.6) is 0 Å². The average Bonchev–Trinajstić information content (AvgIpc) is 2.89. The Balaban J connectivity index is 2.06. The lowest BCUT2D eigenvalue weighted by atomic mass is 9.99. The van der Waals surface area contributed by atoms with Crippen molar-refractivity contribution in [3.05, 3.63) is 35.9 Å². The lowest BCUT2D eigenvalue weighted by molar-refractivity contribution is -0.142. The Kier molecular flexibility index (Phi) is 4.73. The summed E-state index contributed by atoms with van der Waals surface area (Å²) >= 11 is 0. The van der Waals surface area contributed by atoms with E-state index in [1.54, 1.807) is 38.1 Å². The molecule has 1 fully saturated rings. The normalized spacial score (nSPS) is 21.1. The quantitative estimate of drug-likeness (QED) is 0.878. The molecule has 1 aromatic rings. The maximum absolute atomic E-state index is 12.7. The molecule has 0 bridgehead atoms. The lowest BCUT2D eigenvalue weighted by Gasteiger charge is -2.30. The summed E-state index contributed by atoms with van der Waals surface area (Å²) in [7, 11) is 0. The number of benzene rings is 1. The minimum Gasteiger partial charge on any atom is -0.481 e. The fourth-order valence-corrected chi connectivity index (χ4v) is 2.85. The van der Waals surface area contributed by atoms with Crippen LogP contribution in [-0.2, 0) is 9.59 Å². The molecule has 6 nitrogen and oxygen atoms in total. The number of nitrogens with zero attached hydrogens (tertiary/aromatic N) is 1. The highest BCUT2D eigenvalue weighted by Gasteiger charge is 2.42.